The van der Waals surface area contributed by atoms with Gasteiger partial charge in [-0.3, -0.25) is 0 Å². The topological polar surface area (TPSA) is 17.1 Å². The van der Waals surface area contributed by atoms with Crippen molar-refractivity contribution in [3.05, 3.63) is 72.4 Å². The third-order valence-electron chi connectivity index (χ3n) is 1.84. The lowest BCUT2D eigenvalue weighted by Gasteiger charge is -1.87. The second-order valence-electron chi connectivity index (χ2n) is 2.92. The van der Waals surface area contributed by atoms with Gasteiger partial charge < -0.3 is 0 Å². The number of hydrogen-bond donors (Lipinski definition) is 0. The molecular formula is C14H18OP+. The van der Waals surface area contributed by atoms with Gasteiger partial charge in [0.15, 0.2) is 10.6 Å². The monoisotopic (exact) mass is 233 g/mol. The van der Waals surface area contributed by atoms with E-state index >= 15 is 0 Å². The van der Waals surface area contributed by atoms with Crippen molar-refractivity contribution in [3.63, 3.8) is 0 Å². The summed E-state index contributed by atoms with van der Waals surface area (Å²) >= 11 is 0. The van der Waals surface area contributed by atoms with Gasteiger partial charge in [-0.05, 0) is 38.2 Å². The van der Waals surface area contributed by atoms with E-state index in [0.29, 0.717) is 0 Å². The quantitative estimate of drug-likeness (QED) is 0.460. The van der Waals surface area contributed by atoms with Gasteiger partial charge in [0.05, 0.1) is 0 Å². The molecule has 0 fully saturated rings. The van der Waals surface area contributed by atoms with E-state index in [1.807, 2.05) is 38.2 Å². The van der Waals surface area contributed by atoms with Crippen LogP contribution in [0.1, 0.15) is 13.8 Å². The van der Waals surface area contributed by atoms with Crippen LogP contribution in [0.4, 0.5) is 0 Å². The summed E-state index contributed by atoms with van der Waals surface area (Å²) in [5.74, 6) is 0. The first kappa shape index (κ1) is 14.5. The molecule has 0 aliphatic heterocycles. The van der Waals surface area contributed by atoms with E-state index in [9.17, 15) is 4.57 Å². The molecule has 0 rings (SSSR count). The summed E-state index contributed by atoms with van der Waals surface area (Å²) in [7, 11) is -1.56. The van der Waals surface area contributed by atoms with E-state index in [-0.39, 0.29) is 0 Å². The van der Waals surface area contributed by atoms with Crippen LogP contribution in [0.5, 0.6) is 0 Å². The van der Waals surface area contributed by atoms with Crippen molar-refractivity contribution in [2.24, 2.45) is 0 Å². The zero-order valence-electron chi connectivity index (χ0n) is 9.89. The van der Waals surface area contributed by atoms with Crippen LogP contribution in [-0.2, 0) is 4.57 Å². The standard InChI is InChI=1S/C14H18OP/c1-5-9-11-13(7-3)16(15)14(8-4)12-10-6-2/h5-12H,1,4H2,2-3H3/q+1/b10-6-,11-9-,13-7+,14-12+. The molecule has 1 atom stereocenters. The third-order valence-corrected chi connectivity index (χ3v) is 3.51. The molecule has 0 aromatic rings. The first-order valence-electron chi connectivity index (χ1n) is 5.09. The van der Waals surface area contributed by atoms with Crippen molar-refractivity contribution >= 4 is 7.80 Å². The van der Waals surface area contributed by atoms with Crippen LogP contribution in [0.25, 0.3) is 0 Å². The molecule has 0 saturated carbocycles. The van der Waals surface area contributed by atoms with Crippen LogP contribution < -0.4 is 0 Å². The van der Waals surface area contributed by atoms with Crippen molar-refractivity contribution in [1.29, 1.82) is 0 Å². The molecule has 1 nitrogen and oxygen atoms in total. The zero-order chi connectivity index (χ0) is 12.4. The molecule has 0 radical (unpaired) electrons. The number of allylic oxidation sites excluding steroid dienone is 10. The molecule has 0 aliphatic carbocycles. The highest BCUT2D eigenvalue weighted by Crippen LogP contribution is 2.42. The summed E-state index contributed by atoms with van der Waals surface area (Å²) < 4.78 is 12.1. The summed E-state index contributed by atoms with van der Waals surface area (Å²) in [6.45, 7) is 11.0. The Morgan fingerprint density at radius 3 is 2.25 bits per heavy atom. The van der Waals surface area contributed by atoms with Gasteiger partial charge in [-0.25, -0.2) is 0 Å². The van der Waals surface area contributed by atoms with E-state index in [0.717, 1.165) is 10.6 Å². The molecule has 1 unspecified atom stereocenters. The van der Waals surface area contributed by atoms with Crippen molar-refractivity contribution in [3.8, 4) is 0 Å². The van der Waals surface area contributed by atoms with Crippen molar-refractivity contribution in [2.45, 2.75) is 13.8 Å². The molecule has 16 heavy (non-hydrogen) atoms. The van der Waals surface area contributed by atoms with Gasteiger partial charge >= 0.3 is 7.80 Å². The lowest BCUT2D eigenvalue weighted by atomic mass is 10.4. The van der Waals surface area contributed by atoms with Gasteiger partial charge in [0.1, 0.15) is 0 Å². The fourth-order valence-corrected chi connectivity index (χ4v) is 2.15. The minimum Gasteiger partial charge on any atom is -0.0991 e. The van der Waals surface area contributed by atoms with Crippen LogP contribution in [0.3, 0.4) is 0 Å². The highest BCUT2D eigenvalue weighted by molar-refractivity contribution is 7.54. The fraction of sp³-hybridized carbons (Fsp3) is 0.143. The van der Waals surface area contributed by atoms with Crippen molar-refractivity contribution in [1.82, 2.24) is 0 Å². The number of rotatable bonds is 6. The molecule has 0 spiro atoms. The molecular weight excluding hydrogens is 215 g/mol. The van der Waals surface area contributed by atoms with Crippen LogP contribution >= 0.6 is 7.80 Å². The van der Waals surface area contributed by atoms with Gasteiger partial charge in [0.25, 0.3) is 0 Å². The first-order valence-corrected chi connectivity index (χ1v) is 6.35. The van der Waals surface area contributed by atoms with E-state index in [1.54, 1.807) is 24.3 Å². The van der Waals surface area contributed by atoms with E-state index in [1.165, 1.54) is 0 Å². The van der Waals surface area contributed by atoms with Gasteiger partial charge in [0.2, 0.25) is 0 Å². The predicted molar refractivity (Wildman–Crippen MR) is 73.8 cm³/mol. The first-order chi connectivity index (χ1) is 7.71. The highest BCUT2D eigenvalue weighted by atomic mass is 31.1. The van der Waals surface area contributed by atoms with Crippen LogP contribution in [0.15, 0.2) is 72.4 Å². The molecule has 84 valence electrons. The third kappa shape index (κ3) is 4.86. The average molecular weight is 233 g/mol. The molecule has 0 aromatic heterocycles. The average Bonchev–Trinajstić information content (AvgIpc) is 2.31. The Kier molecular flexibility index (Phi) is 8.01. The Morgan fingerprint density at radius 2 is 1.81 bits per heavy atom. The van der Waals surface area contributed by atoms with Crippen LogP contribution in [0.2, 0.25) is 0 Å². The summed E-state index contributed by atoms with van der Waals surface area (Å²) in [4.78, 5) is 0. The molecule has 0 N–H and O–H groups in total. The Hall–Kier alpha value is -1.46. The molecule has 0 heterocycles. The predicted octanol–water partition coefficient (Wildman–Crippen LogP) is 5.11. The van der Waals surface area contributed by atoms with Crippen molar-refractivity contribution < 1.29 is 4.57 Å². The van der Waals surface area contributed by atoms with E-state index in [2.05, 4.69) is 13.2 Å². The fourth-order valence-electron chi connectivity index (χ4n) is 1.01. The Labute approximate surface area is 99.1 Å². The maximum absolute atomic E-state index is 12.1. The molecule has 0 amide bonds. The Morgan fingerprint density at radius 1 is 1.12 bits per heavy atom. The summed E-state index contributed by atoms with van der Waals surface area (Å²) in [5.41, 5.74) is 0. The van der Waals surface area contributed by atoms with Gasteiger partial charge in [-0.2, -0.15) is 0 Å². The summed E-state index contributed by atoms with van der Waals surface area (Å²) in [6, 6.07) is 0. The SMILES string of the molecule is C=C/C=C\C(=C/C)[P+](=O)/C(C=C)=C/C=C\C. The summed E-state index contributed by atoms with van der Waals surface area (Å²) in [5, 5.41) is 1.51. The Balaban J connectivity index is 5.07. The normalized spacial score (nSPS) is 14.5. The van der Waals surface area contributed by atoms with Crippen LogP contribution in [-0.4, -0.2) is 0 Å². The minimum absolute atomic E-state index is 0.731. The zero-order valence-corrected chi connectivity index (χ0v) is 10.8. The maximum Gasteiger partial charge on any atom is 0.414 e. The van der Waals surface area contributed by atoms with Gasteiger partial charge in [0, 0.05) is 0 Å². The molecule has 2 heteroatoms. The molecule has 0 aliphatic rings. The maximum atomic E-state index is 12.1. The van der Waals surface area contributed by atoms with Gasteiger partial charge in [-0.15, -0.1) is 0 Å². The molecule has 0 aromatic carbocycles. The van der Waals surface area contributed by atoms with E-state index < -0.39 is 7.80 Å². The summed E-state index contributed by atoms with van der Waals surface area (Å²) in [6.07, 6.45) is 14.3. The second-order valence-corrected chi connectivity index (χ2v) is 4.55. The number of hydrogen-bond acceptors (Lipinski definition) is 1. The van der Waals surface area contributed by atoms with Crippen molar-refractivity contribution in [2.75, 3.05) is 0 Å². The largest absolute Gasteiger partial charge is 0.414 e. The van der Waals surface area contributed by atoms with Crippen LogP contribution in [0, 0.1) is 0 Å². The minimum atomic E-state index is -1.56. The van der Waals surface area contributed by atoms with E-state index in [4.69, 9.17) is 0 Å². The highest BCUT2D eigenvalue weighted by Gasteiger charge is 2.23. The van der Waals surface area contributed by atoms with Gasteiger partial charge in [-0.1, -0.05) is 42.0 Å². The second kappa shape index (κ2) is 8.82. The molecule has 0 saturated heterocycles. The molecule has 0 bridgehead atoms. The lowest BCUT2D eigenvalue weighted by molar-refractivity contribution is 0.595. The Bertz CT molecular complexity index is 382. The lowest BCUT2D eigenvalue weighted by Crippen LogP contribution is -1.74. The smallest absolute Gasteiger partial charge is 0.0991 e.